The fourth-order valence-electron chi connectivity index (χ4n) is 1.72. The Balaban J connectivity index is 0.000000861. The minimum absolute atomic E-state index is 0.0143. The Morgan fingerprint density at radius 2 is 1.74 bits per heavy atom. The molecule has 0 aliphatic carbocycles. The minimum Gasteiger partial charge on any atom is -0.388 e. The number of hydrogen-bond donors (Lipinski definition) is 1. The van der Waals surface area contributed by atoms with Crippen LogP contribution in [0.3, 0.4) is 0 Å². The molecular formula is C16H20N2O. The molecule has 1 heterocycles. The summed E-state index contributed by atoms with van der Waals surface area (Å²) in [4.78, 5) is 16.2. The monoisotopic (exact) mass is 256 g/mol. The van der Waals surface area contributed by atoms with Crippen LogP contribution in [0.15, 0.2) is 42.7 Å². The maximum absolute atomic E-state index is 12.3. The molecule has 0 saturated carbocycles. The number of aryl methyl sites for hydroxylation is 1. The Kier molecular flexibility index (Phi) is 5.73. The van der Waals surface area contributed by atoms with E-state index in [1.807, 2.05) is 46.0 Å². The third-order valence-electron chi connectivity index (χ3n) is 2.63. The molecule has 2 rings (SSSR count). The number of aromatic nitrogens is 1. The molecule has 0 spiro atoms. The first-order chi connectivity index (χ1) is 9.22. The number of ketones is 1. The molecule has 0 radical (unpaired) electrons. The maximum Gasteiger partial charge on any atom is 0.195 e. The predicted octanol–water partition coefficient (Wildman–Crippen LogP) is 3.69. The van der Waals surface area contributed by atoms with Crippen molar-refractivity contribution in [2.24, 2.45) is 0 Å². The standard InChI is InChI=1S/C14H14N2O.C2H6/c1-10-3-4-13(15-2)12(9-10)14(17)11-5-7-16-8-6-11;1-2/h3-9,15H,1-2H3;1-2H3. The first kappa shape index (κ1) is 14.9. The summed E-state index contributed by atoms with van der Waals surface area (Å²) in [5, 5.41) is 3.04. The van der Waals surface area contributed by atoms with Gasteiger partial charge in [-0.1, -0.05) is 25.5 Å². The summed E-state index contributed by atoms with van der Waals surface area (Å²) in [5.74, 6) is 0.0143. The lowest BCUT2D eigenvalue weighted by Crippen LogP contribution is -2.06. The highest BCUT2D eigenvalue weighted by Gasteiger charge is 2.12. The molecule has 100 valence electrons. The van der Waals surface area contributed by atoms with E-state index in [0.29, 0.717) is 11.1 Å². The van der Waals surface area contributed by atoms with E-state index >= 15 is 0 Å². The van der Waals surface area contributed by atoms with Crippen LogP contribution in [0.5, 0.6) is 0 Å². The number of carbonyl (C=O) groups excluding carboxylic acids is 1. The van der Waals surface area contributed by atoms with Crippen molar-refractivity contribution >= 4 is 11.5 Å². The lowest BCUT2D eigenvalue weighted by molar-refractivity contribution is 0.103. The van der Waals surface area contributed by atoms with Crippen LogP contribution in [0.2, 0.25) is 0 Å². The van der Waals surface area contributed by atoms with Crippen LogP contribution in [-0.2, 0) is 0 Å². The van der Waals surface area contributed by atoms with Gasteiger partial charge in [-0.3, -0.25) is 9.78 Å². The van der Waals surface area contributed by atoms with Gasteiger partial charge >= 0.3 is 0 Å². The number of pyridine rings is 1. The zero-order chi connectivity index (χ0) is 14.3. The van der Waals surface area contributed by atoms with Gasteiger partial charge in [-0.15, -0.1) is 0 Å². The first-order valence-electron chi connectivity index (χ1n) is 6.45. The van der Waals surface area contributed by atoms with Gasteiger partial charge in [0, 0.05) is 36.3 Å². The molecular weight excluding hydrogens is 236 g/mol. The minimum atomic E-state index is 0.0143. The lowest BCUT2D eigenvalue weighted by Gasteiger charge is -2.09. The number of nitrogens with zero attached hydrogens (tertiary/aromatic N) is 1. The molecule has 1 N–H and O–H groups in total. The van der Waals surface area contributed by atoms with E-state index in [0.717, 1.165) is 11.3 Å². The Hall–Kier alpha value is -2.16. The van der Waals surface area contributed by atoms with Gasteiger partial charge in [0.2, 0.25) is 0 Å². The van der Waals surface area contributed by atoms with E-state index < -0.39 is 0 Å². The normalized spacial score (nSPS) is 9.26. The number of nitrogens with one attached hydrogen (secondary N) is 1. The van der Waals surface area contributed by atoms with Crippen molar-refractivity contribution in [1.29, 1.82) is 0 Å². The number of rotatable bonds is 3. The van der Waals surface area contributed by atoms with Gasteiger partial charge in [0.25, 0.3) is 0 Å². The smallest absolute Gasteiger partial charge is 0.195 e. The Labute approximate surface area is 114 Å². The van der Waals surface area contributed by atoms with Crippen LogP contribution >= 0.6 is 0 Å². The molecule has 3 heteroatoms. The van der Waals surface area contributed by atoms with Crippen LogP contribution < -0.4 is 5.32 Å². The van der Waals surface area contributed by atoms with E-state index in [-0.39, 0.29) is 5.78 Å². The summed E-state index contributed by atoms with van der Waals surface area (Å²) in [7, 11) is 1.81. The average Bonchev–Trinajstić information content (AvgIpc) is 2.49. The van der Waals surface area contributed by atoms with Gasteiger partial charge in [0.05, 0.1) is 0 Å². The van der Waals surface area contributed by atoms with Crippen molar-refractivity contribution in [1.82, 2.24) is 4.98 Å². The SMILES string of the molecule is CC.CNc1ccc(C)cc1C(=O)c1ccncc1. The molecule has 3 nitrogen and oxygen atoms in total. The van der Waals surface area contributed by atoms with E-state index in [1.54, 1.807) is 24.5 Å². The summed E-state index contributed by atoms with van der Waals surface area (Å²) in [6, 6.07) is 9.25. The van der Waals surface area contributed by atoms with E-state index in [4.69, 9.17) is 0 Å². The summed E-state index contributed by atoms with van der Waals surface area (Å²) < 4.78 is 0. The average molecular weight is 256 g/mol. The number of hydrogen-bond acceptors (Lipinski definition) is 3. The third-order valence-corrected chi connectivity index (χ3v) is 2.63. The van der Waals surface area contributed by atoms with Crippen molar-refractivity contribution in [3.8, 4) is 0 Å². The molecule has 0 aliphatic heterocycles. The summed E-state index contributed by atoms with van der Waals surface area (Å²) >= 11 is 0. The molecule has 0 atom stereocenters. The number of anilines is 1. The highest BCUT2D eigenvalue weighted by Crippen LogP contribution is 2.20. The largest absolute Gasteiger partial charge is 0.388 e. The molecule has 1 aromatic carbocycles. The molecule has 0 bridgehead atoms. The van der Waals surface area contributed by atoms with Gasteiger partial charge in [-0.25, -0.2) is 0 Å². The second-order valence-electron chi connectivity index (χ2n) is 3.86. The van der Waals surface area contributed by atoms with E-state index in [1.165, 1.54) is 0 Å². The van der Waals surface area contributed by atoms with Crippen LogP contribution in [-0.4, -0.2) is 17.8 Å². The van der Waals surface area contributed by atoms with Gasteiger partial charge in [-0.05, 0) is 31.2 Å². The second kappa shape index (κ2) is 7.31. The van der Waals surface area contributed by atoms with Crippen molar-refractivity contribution in [2.45, 2.75) is 20.8 Å². The highest BCUT2D eigenvalue weighted by molar-refractivity contribution is 6.12. The quantitative estimate of drug-likeness (QED) is 0.852. The Morgan fingerprint density at radius 3 is 2.32 bits per heavy atom. The molecule has 0 fully saturated rings. The van der Waals surface area contributed by atoms with Crippen LogP contribution in [0.4, 0.5) is 5.69 Å². The van der Waals surface area contributed by atoms with Crippen molar-refractivity contribution in [2.75, 3.05) is 12.4 Å². The topological polar surface area (TPSA) is 42.0 Å². The zero-order valence-electron chi connectivity index (χ0n) is 11.9. The fourth-order valence-corrected chi connectivity index (χ4v) is 1.72. The van der Waals surface area contributed by atoms with Crippen LogP contribution in [0.1, 0.15) is 35.3 Å². The molecule has 0 unspecified atom stereocenters. The summed E-state index contributed by atoms with van der Waals surface area (Å²) in [6.45, 7) is 5.97. The molecule has 1 aromatic heterocycles. The predicted molar refractivity (Wildman–Crippen MR) is 79.7 cm³/mol. The molecule has 0 aliphatic rings. The molecule has 0 amide bonds. The molecule has 2 aromatic rings. The first-order valence-corrected chi connectivity index (χ1v) is 6.45. The maximum atomic E-state index is 12.3. The van der Waals surface area contributed by atoms with Gasteiger partial charge in [0.1, 0.15) is 0 Å². The summed E-state index contributed by atoms with van der Waals surface area (Å²) in [6.07, 6.45) is 3.25. The van der Waals surface area contributed by atoms with E-state index in [2.05, 4.69) is 10.3 Å². The third kappa shape index (κ3) is 3.65. The lowest BCUT2D eigenvalue weighted by atomic mass is 10.0. The number of benzene rings is 1. The number of carbonyl (C=O) groups is 1. The fraction of sp³-hybridized carbons (Fsp3) is 0.250. The van der Waals surface area contributed by atoms with Crippen molar-refractivity contribution < 1.29 is 4.79 Å². The highest BCUT2D eigenvalue weighted by atomic mass is 16.1. The summed E-state index contributed by atoms with van der Waals surface area (Å²) in [5.41, 5.74) is 3.26. The van der Waals surface area contributed by atoms with E-state index in [9.17, 15) is 4.79 Å². The molecule has 19 heavy (non-hydrogen) atoms. The zero-order valence-corrected chi connectivity index (χ0v) is 11.9. The van der Waals surface area contributed by atoms with Crippen molar-refractivity contribution in [3.63, 3.8) is 0 Å². The van der Waals surface area contributed by atoms with Gasteiger partial charge in [0.15, 0.2) is 5.78 Å². The van der Waals surface area contributed by atoms with Crippen LogP contribution in [0.25, 0.3) is 0 Å². The molecule has 0 saturated heterocycles. The second-order valence-corrected chi connectivity index (χ2v) is 3.86. The Morgan fingerprint density at radius 1 is 1.11 bits per heavy atom. The van der Waals surface area contributed by atoms with Crippen LogP contribution in [0, 0.1) is 6.92 Å². The Bertz CT molecular complexity index is 536. The van der Waals surface area contributed by atoms with Crippen molar-refractivity contribution in [3.05, 3.63) is 59.4 Å². The van der Waals surface area contributed by atoms with Gasteiger partial charge < -0.3 is 5.32 Å². The van der Waals surface area contributed by atoms with Gasteiger partial charge in [-0.2, -0.15) is 0 Å².